The van der Waals surface area contributed by atoms with Crippen molar-refractivity contribution in [3.8, 4) is 5.75 Å². The van der Waals surface area contributed by atoms with Crippen LogP contribution in [0.5, 0.6) is 5.75 Å². The van der Waals surface area contributed by atoms with Crippen molar-refractivity contribution in [1.29, 1.82) is 0 Å². The van der Waals surface area contributed by atoms with Gasteiger partial charge in [-0.3, -0.25) is 9.79 Å². The molecule has 0 atom stereocenters. The molecular formula is C22H38IN5O2. The highest BCUT2D eigenvalue weighted by molar-refractivity contribution is 14.0. The number of benzene rings is 1. The third-order valence-electron chi connectivity index (χ3n) is 5.45. The fourth-order valence-electron chi connectivity index (χ4n) is 3.77. The maximum absolute atomic E-state index is 12.7. The second kappa shape index (κ2) is 13.0. The molecule has 1 aliphatic rings. The Bertz CT molecular complexity index is 688. The quantitative estimate of drug-likeness (QED) is 0.291. The molecule has 0 unspecified atom stereocenters. The summed E-state index contributed by atoms with van der Waals surface area (Å²) >= 11 is 0. The molecule has 2 rings (SSSR count). The summed E-state index contributed by atoms with van der Waals surface area (Å²) in [7, 11) is 9.49. The van der Waals surface area contributed by atoms with Crippen LogP contribution in [0, 0.1) is 5.41 Å². The smallest absolute Gasteiger partial charge is 0.230 e. The van der Waals surface area contributed by atoms with Crippen LogP contribution in [-0.2, 0) is 11.3 Å². The summed E-state index contributed by atoms with van der Waals surface area (Å²) in [5, 5.41) is 6.74. The number of aliphatic imine (C=N–C) groups is 1. The van der Waals surface area contributed by atoms with E-state index in [0.717, 1.165) is 43.5 Å². The minimum absolute atomic E-state index is 0. The third kappa shape index (κ3) is 7.61. The summed E-state index contributed by atoms with van der Waals surface area (Å²) in [4.78, 5) is 20.9. The van der Waals surface area contributed by atoms with E-state index in [1.165, 1.54) is 0 Å². The zero-order chi connectivity index (χ0) is 21.3. The number of para-hydroxylation sites is 1. The van der Waals surface area contributed by atoms with E-state index in [1.54, 1.807) is 11.9 Å². The average Bonchev–Trinajstić information content (AvgIpc) is 3.18. The molecule has 1 aliphatic carbocycles. The zero-order valence-corrected chi connectivity index (χ0v) is 21.4. The average molecular weight is 531 g/mol. The van der Waals surface area contributed by atoms with E-state index >= 15 is 0 Å². The van der Waals surface area contributed by atoms with Crippen LogP contribution >= 0.6 is 24.0 Å². The lowest BCUT2D eigenvalue weighted by Crippen LogP contribution is -2.49. The summed E-state index contributed by atoms with van der Waals surface area (Å²) in [5.41, 5.74) is 0.753. The number of guanidine groups is 1. The maximum Gasteiger partial charge on any atom is 0.230 e. The number of carbonyl (C=O) groups is 1. The summed E-state index contributed by atoms with van der Waals surface area (Å²) < 4.78 is 5.94. The van der Waals surface area contributed by atoms with Crippen LogP contribution in [0.2, 0.25) is 0 Å². The molecule has 1 fully saturated rings. The van der Waals surface area contributed by atoms with Gasteiger partial charge in [-0.15, -0.1) is 24.0 Å². The monoisotopic (exact) mass is 531 g/mol. The highest BCUT2D eigenvalue weighted by Gasteiger charge is 2.42. The number of ether oxygens (including phenoxy) is 1. The first kappa shape index (κ1) is 26.5. The number of nitrogens with zero attached hydrogens (tertiary/aromatic N) is 3. The molecule has 0 aromatic heterocycles. The lowest BCUT2D eigenvalue weighted by molar-refractivity contribution is -0.138. The van der Waals surface area contributed by atoms with Crippen LogP contribution in [0.1, 0.15) is 31.2 Å². The lowest BCUT2D eigenvalue weighted by atomic mass is 9.84. The van der Waals surface area contributed by atoms with Gasteiger partial charge in [0.25, 0.3) is 0 Å². The van der Waals surface area contributed by atoms with Crippen molar-refractivity contribution in [3.63, 3.8) is 0 Å². The van der Waals surface area contributed by atoms with Crippen LogP contribution < -0.4 is 15.4 Å². The largest absolute Gasteiger partial charge is 0.492 e. The van der Waals surface area contributed by atoms with Gasteiger partial charge in [-0.25, -0.2) is 0 Å². The number of hydrogen-bond acceptors (Lipinski definition) is 4. The number of carbonyl (C=O) groups excluding carboxylic acids is 1. The summed E-state index contributed by atoms with van der Waals surface area (Å²) in [5.74, 6) is 1.79. The van der Waals surface area contributed by atoms with E-state index in [0.29, 0.717) is 25.7 Å². The molecule has 8 heteroatoms. The molecule has 1 aromatic rings. The van der Waals surface area contributed by atoms with Crippen molar-refractivity contribution in [2.75, 3.05) is 54.9 Å². The summed E-state index contributed by atoms with van der Waals surface area (Å²) in [6, 6.07) is 8.04. The van der Waals surface area contributed by atoms with Gasteiger partial charge in [-0.1, -0.05) is 31.0 Å². The van der Waals surface area contributed by atoms with Crippen molar-refractivity contribution in [3.05, 3.63) is 29.8 Å². The molecule has 0 bridgehead atoms. The Kier molecular flexibility index (Phi) is 11.5. The van der Waals surface area contributed by atoms with Gasteiger partial charge in [0.15, 0.2) is 5.96 Å². The highest BCUT2D eigenvalue weighted by Crippen LogP contribution is 2.38. The van der Waals surface area contributed by atoms with Gasteiger partial charge in [0.2, 0.25) is 5.91 Å². The standard InChI is InChI=1S/C22H37N5O2.HI/c1-23-21(25-17-22(12-8-9-13-22)20(28)27(4)5)24-16-18-10-6-7-11-19(18)29-15-14-26(2)3;/h6-7,10-11H,8-9,12-17H2,1-5H3,(H2,23,24,25);1H. The van der Waals surface area contributed by atoms with Crippen molar-refractivity contribution in [1.82, 2.24) is 20.4 Å². The Morgan fingerprint density at radius 2 is 1.80 bits per heavy atom. The van der Waals surface area contributed by atoms with Crippen LogP contribution in [0.15, 0.2) is 29.3 Å². The van der Waals surface area contributed by atoms with E-state index in [-0.39, 0.29) is 35.3 Å². The fourth-order valence-corrected chi connectivity index (χ4v) is 3.77. The minimum atomic E-state index is -0.325. The zero-order valence-electron chi connectivity index (χ0n) is 19.0. The Morgan fingerprint density at radius 1 is 1.13 bits per heavy atom. The molecule has 0 saturated heterocycles. The van der Waals surface area contributed by atoms with Crippen molar-refractivity contribution >= 4 is 35.8 Å². The molecule has 0 radical (unpaired) electrons. The van der Waals surface area contributed by atoms with E-state index < -0.39 is 0 Å². The maximum atomic E-state index is 12.7. The van der Waals surface area contributed by atoms with E-state index in [2.05, 4.69) is 26.6 Å². The van der Waals surface area contributed by atoms with E-state index in [1.807, 2.05) is 46.4 Å². The molecule has 30 heavy (non-hydrogen) atoms. The molecule has 0 heterocycles. The molecule has 0 aliphatic heterocycles. The van der Waals surface area contributed by atoms with Gasteiger partial charge >= 0.3 is 0 Å². The first-order valence-corrected chi connectivity index (χ1v) is 10.4. The lowest BCUT2D eigenvalue weighted by Gasteiger charge is -2.31. The summed E-state index contributed by atoms with van der Waals surface area (Å²) in [6.45, 7) is 2.72. The van der Waals surface area contributed by atoms with Crippen molar-refractivity contribution in [2.45, 2.75) is 32.2 Å². The minimum Gasteiger partial charge on any atom is -0.492 e. The Labute approximate surface area is 198 Å². The van der Waals surface area contributed by atoms with Gasteiger partial charge in [-0.2, -0.15) is 0 Å². The molecule has 0 spiro atoms. The Morgan fingerprint density at radius 3 is 2.40 bits per heavy atom. The second-order valence-corrected chi connectivity index (χ2v) is 8.23. The predicted molar refractivity (Wildman–Crippen MR) is 134 cm³/mol. The molecule has 1 saturated carbocycles. The number of rotatable bonds is 9. The van der Waals surface area contributed by atoms with E-state index in [9.17, 15) is 4.79 Å². The van der Waals surface area contributed by atoms with Gasteiger partial charge < -0.3 is 25.2 Å². The van der Waals surface area contributed by atoms with Crippen LogP contribution in [0.4, 0.5) is 0 Å². The van der Waals surface area contributed by atoms with Crippen LogP contribution in [0.3, 0.4) is 0 Å². The first-order valence-electron chi connectivity index (χ1n) is 10.4. The normalized spacial score (nSPS) is 15.5. The van der Waals surface area contributed by atoms with Gasteiger partial charge in [0, 0.05) is 46.3 Å². The van der Waals surface area contributed by atoms with Crippen molar-refractivity contribution < 1.29 is 9.53 Å². The first-order chi connectivity index (χ1) is 13.9. The SMILES string of the molecule is CN=C(NCc1ccccc1OCCN(C)C)NCC1(C(=O)N(C)C)CCCC1.I. The highest BCUT2D eigenvalue weighted by atomic mass is 127. The van der Waals surface area contributed by atoms with Crippen LogP contribution in [-0.4, -0.2) is 76.6 Å². The molecule has 1 amide bonds. The Hall–Kier alpha value is -1.55. The molecule has 1 aromatic carbocycles. The molecule has 7 nitrogen and oxygen atoms in total. The third-order valence-corrected chi connectivity index (χ3v) is 5.45. The Balaban J connectivity index is 0.00000450. The number of amides is 1. The second-order valence-electron chi connectivity index (χ2n) is 8.23. The van der Waals surface area contributed by atoms with Gasteiger partial charge in [0.05, 0.1) is 5.41 Å². The number of nitrogens with one attached hydrogen (secondary N) is 2. The van der Waals surface area contributed by atoms with Gasteiger partial charge in [0.1, 0.15) is 12.4 Å². The number of halogens is 1. The number of likely N-dealkylation sites (N-methyl/N-ethyl adjacent to an activating group) is 1. The number of hydrogen-bond donors (Lipinski definition) is 2. The van der Waals surface area contributed by atoms with Gasteiger partial charge in [-0.05, 0) is 33.0 Å². The fraction of sp³-hybridized carbons (Fsp3) is 0.636. The summed E-state index contributed by atoms with van der Waals surface area (Å²) in [6.07, 6.45) is 4.06. The van der Waals surface area contributed by atoms with E-state index in [4.69, 9.17) is 4.74 Å². The predicted octanol–water partition coefficient (Wildman–Crippen LogP) is 2.56. The van der Waals surface area contributed by atoms with Crippen molar-refractivity contribution in [2.24, 2.45) is 10.4 Å². The molecule has 2 N–H and O–H groups in total. The molecular weight excluding hydrogens is 493 g/mol. The molecule has 170 valence electrons. The topological polar surface area (TPSA) is 69.2 Å². The van der Waals surface area contributed by atoms with Crippen LogP contribution in [0.25, 0.3) is 0 Å².